The fourth-order valence-electron chi connectivity index (χ4n) is 1.80. The fourth-order valence-corrected chi connectivity index (χ4v) is 1.80. The van der Waals surface area contributed by atoms with Crippen LogP contribution in [0.4, 0.5) is 10.1 Å². The largest absolute Gasteiger partial charge is 0.496 e. The van der Waals surface area contributed by atoms with E-state index in [1.165, 1.54) is 12.1 Å². The molecule has 4 heteroatoms. The van der Waals surface area contributed by atoms with Gasteiger partial charge in [-0.25, -0.2) is 4.39 Å². The van der Waals surface area contributed by atoms with E-state index in [0.29, 0.717) is 12.2 Å². The molecule has 19 heavy (non-hydrogen) atoms. The highest BCUT2D eigenvalue weighted by atomic mass is 19.1. The van der Waals surface area contributed by atoms with Gasteiger partial charge < -0.3 is 10.1 Å². The summed E-state index contributed by atoms with van der Waals surface area (Å²) in [5.41, 5.74) is 1.86. The molecule has 3 nitrogen and oxygen atoms in total. The molecule has 0 saturated heterocycles. The Morgan fingerprint density at radius 2 is 2.05 bits per heavy atom. The van der Waals surface area contributed by atoms with Gasteiger partial charge in [0.25, 0.3) is 0 Å². The zero-order chi connectivity index (χ0) is 13.7. The van der Waals surface area contributed by atoms with Crippen LogP contribution in [0.15, 0.2) is 42.5 Å². The molecule has 2 rings (SSSR count). The van der Waals surface area contributed by atoms with Gasteiger partial charge >= 0.3 is 0 Å². The minimum atomic E-state index is -0.417. The number of anilines is 1. The lowest BCUT2D eigenvalue weighted by molar-refractivity contribution is 0.410. The molecule has 1 N–H and O–H groups in total. The first-order valence-corrected chi connectivity index (χ1v) is 5.80. The molecule has 0 aromatic heterocycles. The quantitative estimate of drug-likeness (QED) is 0.912. The van der Waals surface area contributed by atoms with E-state index in [-0.39, 0.29) is 5.56 Å². The van der Waals surface area contributed by atoms with Crippen molar-refractivity contribution in [2.75, 3.05) is 12.4 Å². The Balaban J connectivity index is 2.17. The minimum Gasteiger partial charge on any atom is -0.496 e. The summed E-state index contributed by atoms with van der Waals surface area (Å²) in [6, 6.07) is 13.7. The summed E-state index contributed by atoms with van der Waals surface area (Å²) in [4.78, 5) is 0. The third-order valence-electron chi connectivity index (χ3n) is 2.76. The fraction of sp³-hybridized carbons (Fsp3) is 0.133. The molecule has 0 heterocycles. The second kappa shape index (κ2) is 5.87. The van der Waals surface area contributed by atoms with Gasteiger partial charge in [-0.3, -0.25) is 0 Å². The lowest BCUT2D eigenvalue weighted by Gasteiger charge is -2.11. The van der Waals surface area contributed by atoms with Crippen LogP contribution in [0.25, 0.3) is 0 Å². The molecule has 96 valence electrons. The van der Waals surface area contributed by atoms with Crippen LogP contribution >= 0.6 is 0 Å². The van der Waals surface area contributed by atoms with E-state index < -0.39 is 5.82 Å². The number of ether oxygens (including phenoxy) is 1. The summed E-state index contributed by atoms with van der Waals surface area (Å²) in [5, 5.41) is 12.1. The second-order valence-electron chi connectivity index (χ2n) is 3.97. The lowest BCUT2D eigenvalue weighted by Crippen LogP contribution is -2.03. The normalized spacial score (nSPS) is 9.74. The standard InChI is InChI=1S/C15H13FN2O/c1-19-15-5-3-2-4-11(15)10-18-14-7-6-13(16)8-12(14)9-17/h2-8,18H,10H2,1H3. The van der Waals surface area contributed by atoms with Gasteiger partial charge in [-0.1, -0.05) is 18.2 Å². The molecule has 0 fully saturated rings. The Morgan fingerprint density at radius 3 is 2.79 bits per heavy atom. The van der Waals surface area contributed by atoms with Crippen molar-refractivity contribution in [3.05, 3.63) is 59.4 Å². The molecule has 0 saturated carbocycles. The average Bonchev–Trinajstić information content (AvgIpc) is 2.46. The molecule has 0 bridgehead atoms. The van der Waals surface area contributed by atoms with E-state index >= 15 is 0 Å². The van der Waals surface area contributed by atoms with E-state index in [1.807, 2.05) is 30.3 Å². The molecule has 0 amide bonds. The van der Waals surface area contributed by atoms with Gasteiger partial charge in [0.15, 0.2) is 0 Å². The van der Waals surface area contributed by atoms with Crippen LogP contribution in [0.3, 0.4) is 0 Å². The molecular formula is C15H13FN2O. The van der Waals surface area contributed by atoms with E-state index in [4.69, 9.17) is 10.00 Å². The molecule has 0 aliphatic carbocycles. The van der Waals surface area contributed by atoms with E-state index in [9.17, 15) is 4.39 Å². The SMILES string of the molecule is COc1ccccc1CNc1ccc(F)cc1C#N. The van der Waals surface area contributed by atoms with Gasteiger partial charge in [-0.2, -0.15) is 5.26 Å². The van der Waals surface area contributed by atoms with Crippen molar-refractivity contribution >= 4 is 5.69 Å². The zero-order valence-electron chi connectivity index (χ0n) is 10.5. The molecule has 0 spiro atoms. The van der Waals surface area contributed by atoms with Gasteiger partial charge in [0.2, 0.25) is 0 Å². The van der Waals surface area contributed by atoms with Crippen LogP contribution in [0.2, 0.25) is 0 Å². The maximum atomic E-state index is 13.0. The topological polar surface area (TPSA) is 45.0 Å². The van der Waals surface area contributed by atoms with Crippen LogP contribution in [-0.4, -0.2) is 7.11 Å². The van der Waals surface area contributed by atoms with Crippen LogP contribution in [0.5, 0.6) is 5.75 Å². The van der Waals surface area contributed by atoms with Crippen molar-refractivity contribution in [3.63, 3.8) is 0 Å². The number of benzene rings is 2. The zero-order valence-corrected chi connectivity index (χ0v) is 10.5. The molecule has 0 unspecified atom stereocenters. The summed E-state index contributed by atoms with van der Waals surface area (Å²) < 4.78 is 18.3. The van der Waals surface area contributed by atoms with E-state index in [1.54, 1.807) is 13.2 Å². The molecule has 0 aliphatic heterocycles. The van der Waals surface area contributed by atoms with Crippen LogP contribution in [-0.2, 0) is 6.54 Å². The average molecular weight is 256 g/mol. The molecule has 0 aliphatic rings. The van der Waals surface area contributed by atoms with Crippen molar-refractivity contribution in [1.82, 2.24) is 0 Å². The molecule has 0 atom stereocenters. The Labute approximate surface area is 111 Å². The maximum Gasteiger partial charge on any atom is 0.124 e. The first-order chi connectivity index (χ1) is 9.24. The highest BCUT2D eigenvalue weighted by Crippen LogP contribution is 2.21. The van der Waals surface area contributed by atoms with Gasteiger partial charge in [0, 0.05) is 12.1 Å². The third kappa shape index (κ3) is 3.02. The van der Waals surface area contributed by atoms with Gasteiger partial charge in [0.1, 0.15) is 17.6 Å². The number of hydrogen-bond donors (Lipinski definition) is 1. The number of hydrogen-bond acceptors (Lipinski definition) is 3. The Kier molecular flexibility index (Phi) is 3.99. The van der Waals surface area contributed by atoms with E-state index in [2.05, 4.69) is 5.32 Å². The Bertz CT molecular complexity index is 620. The number of nitrogens with one attached hydrogen (secondary N) is 1. The number of rotatable bonds is 4. The van der Waals surface area contributed by atoms with Crippen molar-refractivity contribution in [1.29, 1.82) is 5.26 Å². The first kappa shape index (κ1) is 12.9. The highest BCUT2D eigenvalue weighted by molar-refractivity contribution is 5.57. The number of nitrogens with zero attached hydrogens (tertiary/aromatic N) is 1. The second-order valence-corrected chi connectivity index (χ2v) is 3.97. The summed E-state index contributed by atoms with van der Waals surface area (Å²) >= 11 is 0. The smallest absolute Gasteiger partial charge is 0.124 e. The molecule has 0 radical (unpaired) electrons. The van der Waals surface area contributed by atoms with Gasteiger partial charge in [0.05, 0.1) is 18.4 Å². The number of para-hydroxylation sites is 1. The van der Waals surface area contributed by atoms with E-state index in [0.717, 1.165) is 11.3 Å². The number of methoxy groups -OCH3 is 1. The Morgan fingerprint density at radius 1 is 1.26 bits per heavy atom. The predicted molar refractivity (Wildman–Crippen MR) is 71.4 cm³/mol. The first-order valence-electron chi connectivity index (χ1n) is 5.80. The molecular weight excluding hydrogens is 243 g/mol. The third-order valence-corrected chi connectivity index (χ3v) is 2.76. The molecule has 2 aromatic carbocycles. The maximum absolute atomic E-state index is 13.0. The summed E-state index contributed by atoms with van der Waals surface area (Å²) in [6.45, 7) is 0.504. The van der Waals surface area contributed by atoms with Gasteiger partial charge in [-0.15, -0.1) is 0 Å². The van der Waals surface area contributed by atoms with Crippen LogP contribution < -0.4 is 10.1 Å². The Hall–Kier alpha value is -2.54. The predicted octanol–water partition coefficient (Wildman–Crippen LogP) is 3.32. The van der Waals surface area contributed by atoms with Crippen LogP contribution in [0.1, 0.15) is 11.1 Å². The van der Waals surface area contributed by atoms with Crippen molar-refractivity contribution in [2.45, 2.75) is 6.54 Å². The highest BCUT2D eigenvalue weighted by Gasteiger charge is 2.05. The molecule has 2 aromatic rings. The van der Waals surface area contributed by atoms with Crippen LogP contribution in [0, 0.1) is 17.1 Å². The summed E-state index contributed by atoms with van der Waals surface area (Å²) in [5.74, 6) is 0.356. The van der Waals surface area contributed by atoms with Crippen molar-refractivity contribution < 1.29 is 9.13 Å². The minimum absolute atomic E-state index is 0.287. The van der Waals surface area contributed by atoms with Gasteiger partial charge in [-0.05, 0) is 24.3 Å². The number of halogens is 1. The van der Waals surface area contributed by atoms with Crippen molar-refractivity contribution in [2.24, 2.45) is 0 Å². The lowest BCUT2D eigenvalue weighted by atomic mass is 10.1. The summed E-state index contributed by atoms with van der Waals surface area (Å²) in [6.07, 6.45) is 0. The summed E-state index contributed by atoms with van der Waals surface area (Å²) in [7, 11) is 1.61. The van der Waals surface area contributed by atoms with Crippen molar-refractivity contribution in [3.8, 4) is 11.8 Å². The number of nitriles is 1. The monoisotopic (exact) mass is 256 g/mol.